The van der Waals surface area contributed by atoms with E-state index in [-0.39, 0.29) is 31.1 Å². The van der Waals surface area contributed by atoms with Crippen LogP contribution in [0, 0.1) is 33.5 Å². The van der Waals surface area contributed by atoms with Gasteiger partial charge >= 0.3 is 5.97 Å². The van der Waals surface area contributed by atoms with Crippen LogP contribution < -0.4 is 0 Å². The number of nitrogens with zero attached hydrogens (tertiary/aromatic N) is 4. The van der Waals surface area contributed by atoms with Gasteiger partial charge in [-0.15, -0.1) is 0 Å². The molecule has 10 heteroatoms. The van der Waals surface area contributed by atoms with E-state index in [1.165, 1.54) is 0 Å². The molecular weight excluding hydrogens is 572 g/mol. The second-order valence-electron chi connectivity index (χ2n) is 13.6. The molecule has 4 fully saturated rings. The Kier molecular flexibility index (Phi) is 6.21. The lowest BCUT2D eigenvalue weighted by Gasteiger charge is -2.22. The lowest BCUT2D eigenvalue weighted by Crippen LogP contribution is -2.29. The van der Waals surface area contributed by atoms with E-state index in [4.69, 9.17) is 5.11 Å². The zero-order chi connectivity index (χ0) is 31.2. The molecule has 0 aromatic heterocycles. The summed E-state index contributed by atoms with van der Waals surface area (Å²) < 4.78 is 58.3. The lowest BCUT2D eigenvalue weighted by atomic mass is 9.90. The smallest absolute Gasteiger partial charge is 0.307 e. The third-order valence-electron chi connectivity index (χ3n) is 11.6. The maximum atomic E-state index is 14.6. The van der Waals surface area contributed by atoms with Crippen molar-refractivity contribution in [3.8, 4) is 0 Å². The highest BCUT2D eigenvalue weighted by atomic mass is 19.3. The van der Waals surface area contributed by atoms with Crippen LogP contribution in [0.3, 0.4) is 0 Å². The molecule has 0 bridgehead atoms. The van der Waals surface area contributed by atoms with E-state index in [0.29, 0.717) is 37.0 Å². The quantitative estimate of drug-likeness (QED) is 0.366. The van der Waals surface area contributed by atoms with Gasteiger partial charge in [0.15, 0.2) is 0 Å². The van der Waals surface area contributed by atoms with Crippen molar-refractivity contribution in [2.75, 3.05) is 0 Å². The summed E-state index contributed by atoms with van der Waals surface area (Å²) in [6.45, 7) is 3.77. The zero-order valence-electron chi connectivity index (χ0n) is 24.6. The molecule has 2 aromatic carbocycles. The van der Waals surface area contributed by atoms with Gasteiger partial charge in [0.25, 0.3) is 11.8 Å². The topological polar surface area (TPSA) is 86.7 Å². The third kappa shape index (κ3) is 3.68. The largest absolute Gasteiger partial charge is 0.481 e. The average Bonchev–Trinajstić information content (AvgIpc) is 3.60. The molecule has 6 aliphatic rings. The first-order valence-corrected chi connectivity index (χ1v) is 15.2. The maximum absolute atomic E-state index is 14.6. The first-order valence-electron chi connectivity index (χ1n) is 15.2. The van der Waals surface area contributed by atoms with Crippen LogP contribution in [0.1, 0.15) is 69.1 Å². The fourth-order valence-corrected chi connectivity index (χ4v) is 9.44. The number of carboxylic acids is 1. The van der Waals surface area contributed by atoms with Crippen LogP contribution in [0.4, 0.5) is 17.6 Å². The second-order valence-corrected chi connectivity index (χ2v) is 13.6. The Morgan fingerprint density at radius 3 is 1.59 bits per heavy atom. The summed E-state index contributed by atoms with van der Waals surface area (Å²) in [5, 5.41) is 25.3. The first-order chi connectivity index (χ1) is 20.8. The molecule has 6 nitrogen and oxygen atoms in total. The number of aliphatic carboxylic acids is 1. The molecule has 2 spiro atoms. The molecule has 2 aromatic rings. The van der Waals surface area contributed by atoms with E-state index >= 15 is 0 Å². The number of carboxylic acid groups (broad SMARTS) is 1. The second kappa shape index (κ2) is 9.41. The number of fused-ring (bicyclic) bond motifs is 6. The Labute approximate surface area is 253 Å². The molecular formula is C34H34F4N4O2. The summed E-state index contributed by atoms with van der Waals surface area (Å²) in [7, 11) is 0. The van der Waals surface area contributed by atoms with Gasteiger partial charge in [-0.25, -0.2) is 17.6 Å². The SMILES string of the molecule is CC12C=NN=C(c3ccc(CC(=O)O)cc3)C1C21CCCC1(F)F.CC12C=NN=C(c3ccccc3)C1C21CCCC1(F)F. The van der Waals surface area contributed by atoms with Gasteiger partial charge in [0.1, 0.15) is 0 Å². The standard InChI is InChI=1S/C18H18F2N2O2.C16H16F2N2/c1-16-10-21-22-14(12-5-3-11(4-6-12)9-13(23)24)15(16)17(16)7-2-8-18(17,19)20;1-14-10-19-20-12(11-6-3-2-4-7-11)13(14)15(14)8-5-9-16(15,17)18/h3-6,10,15H,2,7-9H2,1H3,(H,23,24);2-4,6-7,10,13H,5,8-9H2,1H3. The molecule has 44 heavy (non-hydrogen) atoms. The molecule has 0 saturated heterocycles. The van der Waals surface area contributed by atoms with E-state index in [0.717, 1.165) is 16.8 Å². The molecule has 0 radical (unpaired) electrons. The van der Waals surface area contributed by atoms with E-state index < -0.39 is 39.5 Å². The highest BCUT2D eigenvalue weighted by Crippen LogP contribution is 2.82. The van der Waals surface area contributed by atoms with Crippen molar-refractivity contribution in [3.05, 3.63) is 71.3 Å². The molecule has 1 N–H and O–H groups in total. The molecule has 8 rings (SSSR count). The highest BCUT2D eigenvalue weighted by molar-refractivity contribution is 6.10. The van der Waals surface area contributed by atoms with Crippen LogP contribution in [0.25, 0.3) is 0 Å². The number of hydrogen-bond acceptors (Lipinski definition) is 5. The normalized spacial score (nSPS) is 37.9. The Balaban J connectivity index is 0.000000144. The molecule has 2 heterocycles. The van der Waals surface area contributed by atoms with Crippen LogP contribution in [0.5, 0.6) is 0 Å². The molecule has 6 atom stereocenters. The summed E-state index contributed by atoms with van der Waals surface area (Å²) in [5.41, 5.74) is 0.444. The van der Waals surface area contributed by atoms with E-state index in [9.17, 15) is 22.4 Å². The van der Waals surface area contributed by atoms with E-state index in [2.05, 4.69) is 20.4 Å². The molecule has 4 saturated carbocycles. The van der Waals surface area contributed by atoms with Crippen molar-refractivity contribution in [2.24, 2.45) is 53.9 Å². The maximum Gasteiger partial charge on any atom is 0.307 e. The fraction of sp³-hybridized carbons (Fsp3) is 0.500. The summed E-state index contributed by atoms with van der Waals surface area (Å²) in [4.78, 5) is 10.8. The van der Waals surface area contributed by atoms with Crippen molar-refractivity contribution in [1.29, 1.82) is 0 Å². The van der Waals surface area contributed by atoms with Crippen LogP contribution in [0.15, 0.2) is 75.0 Å². The summed E-state index contributed by atoms with van der Waals surface area (Å²) in [6, 6.07) is 16.5. The Morgan fingerprint density at radius 2 is 1.18 bits per heavy atom. The Bertz CT molecular complexity index is 1640. The van der Waals surface area contributed by atoms with Crippen molar-refractivity contribution in [3.63, 3.8) is 0 Å². The monoisotopic (exact) mass is 606 g/mol. The molecule has 6 unspecified atom stereocenters. The number of benzene rings is 2. The van der Waals surface area contributed by atoms with Gasteiger partial charge in [0.05, 0.1) is 28.7 Å². The van der Waals surface area contributed by atoms with Crippen LogP contribution >= 0.6 is 0 Å². The third-order valence-corrected chi connectivity index (χ3v) is 11.6. The number of carbonyl (C=O) groups is 1. The number of hydrogen-bond donors (Lipinski definition) is 1. The lowest BCUT2D eigenvalue weighted by molar-refractivity contribution is -0.136. The molecule has 230 valence electrons. The van der Waals surface area contributed by atoms with Gasteiger partial charge in [-0.05, 0) is 42.4 Å². The molecule has 0 amide bonds. The minimum atomic E-state index is -2.70. The number of rotatable bonds is 4. The zero-order valence-corrected chi connectivity index (χ0v) is 24.6. The summed E-state index contributed by atoms with van der Waals surface area (Å²) in [6.07, 6.45) is 5.29. The molecule has 4 aliphatic carbocycles. The predicted octanol–water partition coefficient (Wildman–Crippen LogP) is 7.46. The van der Waals surface area contributed by atoms with Crippen LogP contribution in [0.2, 0.25) is 0 Å². The van der Waals surface area contributed by atoms with Crippen molar-refractivity contribution in [1.82, 2.24) is 0 Å². The van der Waals surface area contributed by atoms with Gasteiger partial charge in [-0.2, -0.15) is 20.4 Å². The van der Waals surface area contributed by atoms with Crippen molar-refractivity contribution >= 4 is 29.8 Å². The summed E-state index contributed by atoms with van der Waals surface area (Å²) >= 11 is 0. The van der Waals surface area contributed by atoms with E-state index in [1.807, 2.05) is 44.2 Å². The van der Waals surface area contributed by atoms with Gasteiger partial charge < -0.3 is 5.11 Å². The van der Waals surface area contributed by atoms with Crippen molar-refractivity contribution in [2.45, 2.75) is 70.6 Å². The van der Waals surface area contributed by atoms with Gasteiger partial charge in [-0.3, -0.25) is 4.79 Å². The van der Waals surface area contributed by atoms with Gasteiger partial charge in [-0.1, -0.05) is 68.4 Å². The van der Waals surface area contributed by atoms with Crippen LogP contribution in [-0.2, 0) is 11.2 Å². The first kappa shape index (κ1) is 29.0. The minimum absolute atomic E-state index is 0.00496. The van der Waals surface area contributed by atoms with E-state index in [1.54, 1.807) is 36.7 Å². The number of halogens is 4. The highest BCUT2D eigenvalue weighted by Gasteiger charge is 2.86. The molecule has 2 aliphatic heterocycles. The average molecular weight is 607 g/mol. The fourth-order valence-electron chi connectivity index (χ4n) is 9.44. The Hall–Kier alpha value is -3.69. The minimum Gasteiger partial charge on any atom is -0.481 e. The predicted molar refractivity (Wildman–Crippen MR) is 160 cm³/mol. The van der Waals surface area contributed by atoms with Gasteiger partial charge in [0, 0.05) is 47.9 Å². The number of alkyl halides is 4. The van der Waals surface area contributed by atoms with Crippen molar-refractivity contribution < 1.29 is 27.5 Å². The van der Waals surface area contributed by atoms with Gasteiger partial charge in [0.2, 0.25) is 0 Å². The Morgan fingerprint density at radius 1 is 0.727 bits per heavy atom. The van der Waals surface area contributed by atoms with Crippen LogP contribution in [-0.4, -0.2) is 46.8 Å². The summed E-state index contributed by atoms with van der Waals surface area (Å²) in [5.74, 6) is -6.75.